The Morgan fingerprint density at radius 3 is 0.250 bits per heavy atom. The molecule has 0 fully saturated rings. The van der Waals surface area contributed by atoms with Crippen molar-refractivity contribution in [2.24, 2.45) is 0 Å². The predicted molar refractivity (Wildman–Crippen MR) is 11.3 cm³/mol. The van der Waals surface area contributed by atoms with Crippen LogP contribution < -0.4 is 0 Å². The second-order valence-corrected chi connectivity index (χ2v) is 0. The standard InChI is InChI=1S/4Fe.2H2O.6O/h;;;;2*1H2;;;;;;/q4*+3;;;6*-2. The fourth-order valence-corrected chi connectivity index (χ4v) is 0. The van der Waals surface area contributed by atoms with Gasteiger partial charge in [-0.3, -0.25) is 0 Å². The minimum Gasteiger partial charge on any atom is -2.00 e. The molecule has 84 valence electrons. The van der Waals surface area contributed by atoms with Crippen LogP contribution in [0.4, 0.5) is 0 Å². The maximum atomic E-state index is 0. The van der Waals surface area contributed by atoms with Gasteiger partial charge in [-0.15, -0.1) is 0 Å². The van der Waals surface area contributed by atoms with Crippen molar-refractivity contribution in [3.63, 3.8) is 0 Å². The Kier molecular flexibility index (Phi) is 34500. The molecule has 0 rings (SSSR count). The van der Waals surface area contributed by atoms with Gasteiger partial charge < -0.3 is 43.8 Å². The molecule has 0 heterocycles. The zero-order chi connectivity index (χ0) is 0. The summed E-state index contributed by atoms with van der Waals surface area (Å²) in [5, 5.41) is 0. The smallest absolute Gasteiger partial charge is 2.00 e. The van der Waals surface area contributed by atoms with Crippen molar-refractivity contribution in [2.75, 3.05) is 0 Å². The van der Waals surface area contributed by atoms with Crippen LogP contribution in [0.1, 0.15) is 0 Å². The third-order valence-electron chi connectivity index (χ3n) is 0. The van der Waals surface area contributed by atoms with Gasteiger partial charge in [-0.05, 0) is 0 Å². The number of hydrogen-bond donors (Lipinski definition) is 0. The van der Waals surface area contributed by atoms with Crippen molar-refractivity contribution in [1.29, 1.82) is 0 Å². The summed E-state index contributed by atoms with van der Waals surface area (Å²) >= 11 is 0. The Hall–Kier alpha value is 1.76. The maximum Gasteiger partial charge on any atom is 3.00 e. The third kappa shape index (κ3) is 440. The normalized spacial score (nSPS) is 0. The van der Waals surface area contributed by atoms with Crippen LogP contribution in [0, 0.1) is 0 Å². The van der Waals surface area contributed by atoms with E-state index in [0.717, 1.165) is 0 Å². The maximum absolute atomic E-state index is 0. The van der Waals surface area contributed by atoms with Gasteiger partial charge in [0, 0.05) is 0 Å². The third-order valence-corrected chi connectivity index (χ3v) is 0. The van der Waals surface area contributed by atoms with E-state index in [1.165, 1.54) is 0 Å². The van der Waals surface area contributed by atoms with Crippen molar-refractivity contribution in [3.8, 4) is 0 Å². The quantitative estimate of drug-likeness (QED) is 0.414. The van der Waals surface area contributed by atoms with Crippen LogP contribution in [-0.4, -0.2) is 11.0 Å². The van der Waals surface area contributed by atoms with Crippen LogP contribution in [0.2, 0.25) is 0 Å². The first-order valence-corrected chi connectivity index (χ1v) is 0. The summed E-state index contributed by atoms with van der Waals surface area (Å²) < 4.78 is 0. The SMILES string of the molecule is O.O.[Fe+3].[Fe+3].[Fe+3].[Fe+3].[O-2].[O-2].[O-2].[O-2].[O-2].[O-2]. The van der Waals surface area contributed by atoms with Gasteiger partial charge in [0.05, 0.1) is 0 Å². The molecule has 0 atom stereocenters. The molecule has 0 saturated heterocycles. The molecule has 0 unspecified atom stereocenters. The average molecular weight is 355 g/mol. The van der Waals surface area contributed by atoms with Crippen LogP contribution in [0.5, 0.6) is 0 Å². The number of hydrogen-bond acceptors (Lipinski definition) is 0. The van der Waals surface area contributed by atoms with E-state index >= 15 is 0 Å². The zero-order valence-electron chi connectivity index (χ0n) is 4.86. The van der Waals surface area contributed by atoms with E-state index in [4.69, 9.17) is 0 Å². The van der Waals surface area contributed by atoms with E-state index < -0.39 is 0 Å². The van der Waals surface area contributed by atoms with E-state index in [1.54, 1.807) is 0 Å². The van der Waals surface area contributed by atoms with Gasteiger partial charge in [-0.2, -0.15) is 0 Å². The van der Waals surface area contributed by atoms with Crippen molar-refractivity contribution in [1.82, 2.24) is 0 Å². The van der Waals surface area contributed by atoms with Crippen molar-refractivity contribution < 1.29 is 112 Å². The van der Waals surface area contributed by atoms with E-state index in [0.29, 0.717) is 0 Å². The van der Waals surface area contributed by atoms with Gasteiger partial charge in [0.1, 0.15) is 0 Å². The molecule has 12 heteroatoms. The molecular weight excluding hydrogens is 351 g/mol. The second kappa shape index (κ2) is 571. The van der Waals surface area contributed by atoms with E-state index in [2.05, 4.69) is 0 Å². The Bertz CT molecular complexity index is 11.0. The monoisotopic (exact) mass is 356 g/mol. The van der Waals surface area contributed by atoms with Crippen LogP contribution >= 0.6 is 0 Å². The van der Waals surface area contributed by atoms with Gasteiger partial charge in [-0.25, -0.2) is 0 Å². The molecule has 0 aromatic heterocycles. The minimum atomic E-state index is 0. The summed E-state index contributed by atoms with van der Waals surface area (Å²) in [6, 6.07) is 0. The fraction of sp³-hybridized carbons (Fsp3) is 0. The Morgan fingerprint density at radius 2 is 0.250 bits per heavy atom. The molecule has 0 aliphatic rings. The Labute approximate surface area is 112 Å². The summed E-state index contributed by atoms with van der Waals surface area (Å²) in [4.78, 5) is 0. The topological polar surface area (TPSA) is 234 Å². The molecule has 4 radical (unpaired) electrons. The molecule has 0 aliphatic heterocycles. The van der Waals surface area contributed by atoms with Gasteiger partial charge in [0.2, 0.25) is 0 Å². The summed E-state index contributed by atoms with van der Waals surface area (Å²) in [5.74, 6) is 0. The molecule has 0 aromatic rings. The molecule has 8 nitrogen and oxygen atoms in total. The average Bonchev–Trinajstić information content (AvgIpc) is 0. The van der Waals surface area contributed by atoms with Crippen molar-refractivity contribution in [3.05, 3.63) is 0 Å². The Balaban J connectivity index is 0. The van der Waals surface area contributed by atoms with E-state index in [1.807, 2.05) is 0 Å². The zero-order valence-corrected chi connectivity index (χ0v) is 9.28. The predicted octanol–water partition coefficient (Wildman–Crippen LogP) is -2.37. The molecule has 4 N–H and O–H groups in total. The van der Waals surface area contributed by atoms with Crippen molar-refractivity contribution in [2.45, 2.75) is 0 Å². The molecule has 0 bridgehead atoms. The molecule has 0 aromatic carbocycles. The minimum absolute atomic E-state index is 0. The Morgan fingerprint density at radius 1 is 0.250 bits per heavy atom. The summed E-state index contributed by atoms with van der Waals surface area (Å²) in [5.41, 5.74) is 0. The number of rotatable bonds is 0. The van der Waals surface area contributed by atoms with Crippen LogP contribution in [-0.2, 0) is 101 Å². The molecule has 0 saturated carbocycles. The van der Waals surface area contributed by atoms with Gasteiger partial charge in [0.25, 0.3) is 0 Å². The van der Waals surface area contributed by atoms with Crippen LogP contribution in [0.15, 0.2) is 0 Å². The summed E-state index contributed by atoms with van der Waals surface area (Å²) in [6.45, 7) is 0. The largest absolute Gasteiger partial charge is 3.00 e. The molecular formula is H4Fe4O8. The van der Waals surface area contributed by atoms with E-state index in [9.17, 15) is 0 Å². The van der Waals surface area contributed by atoms with Gasteiger partial charge >= 0.3 is 68.3 Å². The fourth-order valence-electron chi connectivity index (χ4n) is 0. The van der Waals surface area contributed by atoms with E-state index in [-0.39, 0.29) is 112 Å². The van der Waals surface area contributed by atoms with Crippen molar-refractivity contribution >= 4 is 0 Å². The van der Waals surface area contributed by atoms with Crippen LogP contribution in [0.3, 0.4) is 0 Å². The van der Waals surface area contributed by atoms with Crippen LogP contribution in [0.25, 0.3) is 0 Å². The van der Waals surface area contributed by atoms with Gasteiger partial charge in [-0.1, -0.05) is 0 Å². The molecule has 0 spiro atoms. The summed E-state index contributed by atoms with van der Waals surface area (Å²) in [6.07, 6.45) is 0. The first-order valence-electron chi connectivity index (χ1n) is 0. The molecule has 12 heavy (non-hydrogen) atoms. The second-order valence-electron chi connectivity index (χ2n) is 0. The summed E-state index contributed by atoms with van der Waals surface area (Å²) in [7, 11) is 0. The first-order chi connectivity index (χ1) is 0. The molecule has 0 amide bonds. The molecule has 0 aliphatic carbocycles. The first kappa shape index (κ1) is 725. The van der Waals surface area contributed by atoms with Gasteiger partial charge in [0.15, 0.2) is 0 Å².